The Labute approximate surface area is 117 Å². The molecular weight excluding hydrogens is 256 g/mol. The largest absolute Gasteiger partial charge is 0.374 e. The first-order valence-electron chi connectivity index (χ1n) is 6.61. The van der Waals surface area contributed by atoms with Gasteiger partial charge in [0.1, 0.15) is 5.69 Å². The van der Waals surface area contributed by atoms with Crippen LogP contribution >= 0.6 is 0 Å². The van der Waals surface area contributed by atoms with Crippen LogP contribution in [0.25, 0.3) is 0 Å². The highest BCUT2D eigenvalue weighted by Gasteiger charge is 2.13. The van der Waals surface area contributed by atoms with Gasteiger partial charge in [-0.1, -0.05) is 13.0 Å². The van der Waals surface area contributed by atoms with Crippen LogP contribution in [0.4, 0.5) is 11.4 Å². The van der Waals surface area contributed by atoms with Crippen molar-refractivity contribution >= 4 is 11.4 Å². The molecule has 2 rings (SSSR count). The van der Waals surface area contributed by atoms with E-state index < -0.39 is 0 Å². The molecule has 20 heavy (non-hydrogen) atoms. The van der Waals surface area contributed by atoms with Crippen molar-refractivity contribution in [1.29, 1.82) is 0 Å². The number of hydrogen-bond donors (Lipinski definition) is 1. The first-order chi connectivity index (χ1) is 9.61. The summed E-state index contributed by atoms with van der Waals surface area (Å²) in [5.74, 6) is 0. The number of aryl methyl sites for hydroxylation is 2. The lowest BCUT2D eigenvalue weighted by Gasteiger charge is -2.09. The SMILES string of the molecule is CCCn1nccc1CNc1ccc(C)cc1[N+](=O)[O-]. The molecule has 0 aliphatic heterocycles. The van der Waals surface area contributed by atoms with Crippen molar-refractivity contribution in [2.45, 2.75) is 33.4 Å². The number of nitro benzene ring substituents is 1. The summed E-state index contributed by atoms with van der Waals surface area (Å²) in [5.41, 5.74) is 2.52. The Morgan fingerprint density at radius 2 is 2.20 bits per heavy atom. The van der Waals surface area contributed by atoms with Gasteiger partial charge < -0.3 is 5.32 Å². The zero-order valence-electron chi connectivity index (χ0n) is 11.7. The second-order valence-electron chi connectivity index (χ2n) is 4.68. The van der Waals surface area contributed by atoms with E-state index in [0.29, 0.717) is 12.2 Å². The number of anilines is 1. The Morgan fingerprint density at radius 3 is 2.90 bits per heavy atom. The van der Waals surface area contributed by atoms with Crippen LogP contribution in [-0.2, 0) is 13.1 Å². The molecule has 0 amide bonds. The fraction of sp³-hybridized carbons (Fsp3) is 0.357. The summed E-state index contributed by atoms with van der Waals surface area (Å²) in [6.07, 6.45) is 2.75. The topological polar surface area (TPSA) is 73.0 Å². The molecule has 1 aromatic heterocycles. The standard InChI is InChI=1S/C14H18N4O2/c1-3-8-17-12(6-7-16-17)10-15-13-5-4-11(2)9-14(13)18(19)20/h4-7,9,15H,3,8,10H2,1-2H3. The highest BCUT2D eigenvalue weighted by Crippen LogP contribution is 2.25. The van der Waals surface area contributed by atoms with Crippen molar-refractivity contribution in [1.82, 2.24) is 9.78 Å². The Balaban J connectivity index is 2.14. The smallest absolute Gasteiger partial charge is 0.292 e. The summed E-state index contributed by atoms with van der Waals surface area (Å²) in [6.45, 7) is 5.29. The zero-order chi connectivity index (χ0) is 14.5. The molecular formula is C14H18N4O2. The van der Waals surface area contributed by atoms with Gasteiger partial charge in [-0.15, -0.1) is 0 Å². The molecule has 1 N–H and O–H groups in total. The summed E-state index contributed by atoms with van der Waals surface area (Å²) < 4.78 is 1.91. The van der Waals surface area contributed by atoms with Crippen LogP contribution < -0.4 is 5.32 Å². The number of hydrogen-bond acceptors (Lipinski definition) is 4. The fourth-order valence-electron chi connectivity index (χ4n) is 2.05. The molecule has 0 bridgehead atoms. The second kappa shape index (κ2) is 6.18. The van der Waals surface area contributed by atoms with E-state index in [9.17, 15) is 10.1 Å². The quantitative estimate of drug-likeness (QED) is 0.648. The van der Waals surface area contributed by atoms with E-state index in [1.807, 2.05) is 23.7 Å². The van der Waals surface area contributed by atoms with Crippen LogP contribution in [0.15, 0.2) is 30.5 Å². The van der Waals surface area contributed by atoms with Gasteiger partial charge in [-0.2, -0.15) is 5.10 Å². The van der Waals surface area contributed by atoms with Crippen LogP contribution in [0.5, 0.6) is 0 Å². The van der Waals surface area contributed by atoms with Crippen molar-refractivity contribution < 1.29 is 4.92 Å². The molecule has 0 unspecified atom stereocenters. The lowest BCUT2D eigenvalue weighted by atomic mass is 10.2. The van der Waals surface area contributed by atoms with Crippen molar-refractivity contribution in [3.05, 3.63) is 51.8 Å². The Morgan fingerprint density at radius 1 is 1.40 bits per heavy atom. The first-order valence-corrected chi connectivity index (χ1v) is 6.61. The van der Waals surface area contributed by atoms with Gasteiger partial charge in [-0.05, 0) is 31.0 Å². The number of nitrogens with one attached hydrogen (secondary N) is 1. The van der Waals surface area contributed by atoms with Crippen LogP contribution in [0.2, 0.25) is 0 Å². The van der Waals surface area contributed by atoms with E-state index in [1.54, 1.807) is 18.3 Å². The van der Waals surface area contributed by atoms with Crippen LogP contribution in [-0.4, -0.2) is 14.7 Å². The average Bonchev–Trinajstić information content (AvgIpc) is 2.85. The maximum atomic E-state index is 11.1. The summed E-state index contributed by atoms with van der Waals surface area (Å²) >= 11 is 0. The highest BCUT2D eigenvalue weighted by atomic mass is 16.6. The molecule has 6 nitrogen and oxygen atoms in total. The second-order valence-corrected chi connectivity index (χ2v) is 4.68. The Hall–Kier alpha value is -2.37. The summed E-state index contributed by atoms with van der Waals surface area (Å²) in [7, 11) is 0. The minimum Gasteiger partial charge on any atom is -0.374 e. The summed E-state index contributed by atoms with van der Waals surface area (Å²) in [5, 5.41) is 18.4. The molecule has 0 aliphatic carbocycles. The minimum absolute atomic E-state index is 0.103. The summed E-state index contributed by atoms with van der Waals surface area (Å²) in [6, 6.07) is 7.10. The lowest BCUT2D eigenvalue weighted by Crippen LogP contribution is -2.09. The molecule has 0 saturated heterocycles. The average molecular weight is 274 g/mol. The van der Waals surface area contributed by atoms with Gasteiger partial charge in [0.25, 0.3) is 5.69 Å². The van der Waals surface area contributed by atoms with Gasteiger partial charge in [0, 0.05) is 18.8 Å². The predicted molar refractivity (Wildman–Crippen MR) is 77.7 cm³/mol. The van der Waals surface area contributed by atoms with E-state index in [0.717, 1.165) is 24.2 Å². The van der Waals surface area contributed by atoms with Gasteiger partial charge in [0.2, 0.25) is 0 Å². The van der Waals surface area contributed by atoms with E-state index in [2.05, 4.69) is 17.3 Å². The van der Waals surface area contributed by atoms with Gasteiger partial charge in [-0.25, -0.2) is 0 Å². The van der Waals surface area contributed by atoms with Crippen molar-refractivity contribution in [3.8, 4) is 0 Å². The van der Waals surface area contributed by atoms with Crippen LogP contribution in [0, 0.1) is 17.0 Å². The number of rotatable bonds is 6. The normalized spacial score (nSPS) is 10.5. The highest BCUT2D eigenvalue weighted by molar-refractivity contribution is 5.62. The van der Waals surface area contributed by atoms with E-state index in [1.165, 1.54) is 0 Å². The van der Waals surface area contributed by atoms with Crippen LogP contribution in [0.3, 0.4) is 0 Å². The summed E-state index contributed by atoms with van der Waals surface area (Å²) in [4.78, 5) is 10.7. The first kappa shape index (κ1) is 14.0. The number of nitro groups is 1. The predicted octanol–water partition coefficient (Wildman–Crippen LogP) is 3.12. The van der Waals surface area contributed by atoms with Crippen molar-refractivity contribution in [3.63, 3.8) is 0 Å². The fourth-order valence-corrected chi connectivity index (χ4v) is 2.05. The molecule has 6 heteroatoms. The number of aromatic nitrogens is 2. The molecule has 106 valence electrons. The minimum atomic E-state index is -0.362. The lowest BCUT2D eigenvalue weighted by molar-refractivity contribution is -0.384. The third-order valence-corrected chi connectivity index (χ3v) is 3.05. The molecule has 0 atom stereocenters. The maximum Gasteiger partial charge on any atom is 0.292 e. The third-order valence-electron chi connectivity index (χ3n) is 3.05. The Kier molecular flexibility index (Phi) is 4.34. The monoisotopic (exact) mass is 274 g/mol. The molecule has 0 fully saturated rings. The zero-order valence-corrected chi connectivity index (χ0v) is 11.7. The van der Waals surface area contributed by atoms with Gasteiger partial charge in [-0.3, -0.25) is 14.8 Å². The van der Waals surface area contributed by atoms with Crippen molar-refractivity contribution in [2.75, 3.05) is 5.32 Å². The van der Waals surface area contributed by atoms with E-state index in [4.69, 9.17) is 0 Å². The molecule has 0 aliphatic rings. The molecule has 0 spiro atoms. The molecule has 0 radical (unpaired) electrons. The maximum absolute atomic E-state index is 11.1. The van der Waals surface area contributed by atoms with Crippen molar-refractivity contribution in [2.24, 2.45) is 0 Å². The van der Waals surface area contributed by atoms with Gasteiger partial charge >= 0.3 is 0 Å². The molecule has 1 heterocycles. The van der Waals surface area contributed by atoms with Gasteiger partial charge in [0.05, 0.1) is 17.2 Å². The third kappa shape index (κ3) is 3.14. The number of benzene rings is 1. The van der Waals surface area contributed by atoms with Gasteiger partial charge in [0.15, 0.2) is 0 Å². The van der Waals surface area contributed by atoms with Crippen LogP contribution in [0.1, 0.15) is 24.6 Å². The molecule has 0 saturated carbocycles. The van der Waals surface area contributed by atoms with E-state index in [-0.39, 0.29) is 10.6 Å². The number of nitrogens with zero attached hydrogens (tertiary/aromatic N) is 3. The molecule has 2 aromatic rings. The molecule has 1 aromatic carbocycles. The van der Waals surface area contributed by atoms with E-state index >= 15 is 0 Å². The Bertz CT molecular complexity index is 607.